The Morgan fingerprint density at radius 1 is 1.06 bits per heavy atom. The first-order chi connectivity index (χ1) is 8.65. The van der Waals surface area contributed by atoms with Crippen LogP contribution >= 0.6 is 0 Å². The van der Waals surface area contributed by atoms with E-state index in [1.807, 2.05) is 0 Å². The molecule has 5 nitrogen and oxygen atoms in total. The predicted octanol–water partition coefficient (Wildman–Crippen LogP) is 0.289. The average Bonchev–Trinajstić information content (AvgIpc) is 3.13. The summed E-state index contributed by atoms with van der Waals surface area (Å²) in [6, 6.07) is 0.659. The van der Waals surface area contributed by atoms with Gasteiger partial charge in [0.2, 0.25) is 11.8 Å². The SMILES string of the molecule is NC1CCC(C(=O)NCCC(=O)NC2CC2)CC1. The van der Waals surface area contributed by atoms with E-state index < -0.39 is 0 Å². The minimum absolute atomic E-state index is 0.0449. The van der Waals surface area contributed by atoms with Crippen molar-refractivity contribution < 1.29 is 9.59 Å². The van der Waals surface area contributed by atoms with Crippen molar-refractivity contribution in [1.82, 2.24) is 10.6 Å². The molecule has 0 aromatic rings. The molecular formula is C13H23N3O2. The Balaban J connectivity index is 1.57. The molecule has 0 saturated heterocycles. The lowest BCUT2D eigenvalue weighted by molar-refractivity contribution is -0.126. The van der Waals surface area contributed by atoms with Gasteiger partial charge in [0.25, 0.3) is 0 Å². The minimum atomic E-state index is 0.0449. The first kappa shape index (κ1) is 13.3. The summed E-state index contributed by atoms with van der Waals surface area (Å²) in [5.41, 5.74) is 5.80. The van der Waals surface area contributed by atoms with Crippen molar-refractivity contribution in [2.24, 2.45) is 11.7 Å². The molecule has 2 aliphatic rings. The van der Waals surface area contributed by atoms with Gasteiger partial charge in [0.15, 0.2) is 0 Å². The Kier molecular flexibility index (Phi) is 4.58. The summed E-state index contributed by atoms with van der Waals surface area (Å²) in [6.07, 6.45) is 6.19. The zero-order valence-corrected chi connectivity index (χ0v) is 10.8. The van der Waals surface area contributed by atoms with Crippen molar-refractivity contribution in [2.75, 3.05) is 6.54 Å². The molecule has 18 heavy (non-hydrogen) atoms. The highest BCUT2D eigenvalue weighted by Gasteiger charge is 2.25. The molecular weight excluding hydrogens is 230 g/mol. The lowest BCUT2D eigenvalue weighted by Gasteiger charge is -2.25. The number of carbonyl (C=O) groups excluding carboxylic acids is 2. The second kappa shape index (κ2) is 6.18. The lowest BCUT2D eigenvalue weighted by Crippen LogP contribution is -2.38. The van der Waals surface area contributed by atoms with Crippen molar-refractivity contribution in [3.8, 4) is 0 Å². The van der Waals surface area contributed by atoms with E-state index in [0.717, 1.165) is 38.5 Å². The van der Waals surface area contributed by atoms with E-state index in [9.17, 15) is 9.59 Å². The largest absolute Gasteiger partial charge is 0.355 e. The normalized spacial score (nSPS) is 27.6. The van der Waals surface area contributed by atoms with E-state index in [1.54, 1.807) is 0 Å². The number of hydrogen-bond acceptors (Lipinski definition) is 3. The predicted molar refractivity (Wildman–Crippen MR) is 68.7 cm³/mol. The fourth-order valence-electron chi connectivity index (χ4n) is 2.35. The molecule has 0 heterocycles. The fraction of sp³-hybridized carbons (Fsp3) is 0.846. The van der Waals surface area contributed by atoms with Crippen LogP contribution in [-0.2, 0) is 9.59 Å². The monoisotopic (exact) mass is 253 g/mol. The maximum atomic E-state index is 11.8. The lowest BCUT2D eigenvalue weighted by atomic mass is 9.86. The van der Waals surface area contributed by atoms with Gasteiger partial charge in [-0.2, -0.15) is 0 Å². The Morgan fingerprint density at radius 3 is 2.33 bits per heavy atom. The summed E-state index contributed by atoms with van der Waals surface area (Å²) in [5.74, 6) is 0.223. The highest BCUT2D eigenvalue weighted by Crippen LogP contribution is 2.23. The Morgan fingerprint density at radius 2 is 1.72 bits per heavy atom. The summed E-state index contributed by atoms with van der Waals surface area (Å²) < 4.78 is 0. The van der Waals surface area contributed by atoms with Crippen molar-refractivity contribution >= 4 is 11.8 Å². The van der Waals surface area contributed by atoms with E-state index in [4.69, 9.17) is 5.73 Å². The second-order valence-corrected chi connectivity index (χ2v) is 5.49. The van der Waals surface area contributed by atoms with E-state index in [-0.39, 0.29) is 23.8 Å². The molecule has 0 radical (unpaired) electrons. The standard InChI is InChI=1S/C13H23N3O2/c14-10-3-1-9(2-4-10)13(18)15-8-7-12(17)16-11-5-6-11/h9-11H,1-8,14H2,(H,15,18)(H,16,17). The molecule has 2 fully saturated rings. The number of hydrogen-bond donors (Lipinski definition) is 3. The molecule has 0 atom stereocenters. The van der Waals surface area contributed by atoms with Crippen LogP contribution in [0, 0.1) is 5.92 Å². The molecule has 4 N–H and O–H groups in total. The van der Waals surface area contributed by atoms with Crippen LogP contribution in [0.3, 0.4) is 0 Å². The van der Waals surface area contributed by atoms with Gasteiger partial charge in [0, 0.05) is 31.0 Å². The summed E-state index contributed by atoms with van der Waals surface area (Å²) in [7, 11) is 0. The van der Waals surface area contributed by atoms with Crippen molar-refractivity contribution in [1.29, 1.82) is 0 Å². The van der Waals surface area contributed by atoms with Gasteiger partial charge in [-0.3, -0.25) is 9.59 Å². The molecule has 2 aliphatic carbocycles. The maximum Gasteiger partial charge on any atom is 0.223 e. The van der Waals surface area contributed by atoms with E-state index in [0.29, 0.717) is 19.0 Å². The summed E-state index contributed by atoms with van der Waals surface area (Å²) in [6.45, 7) is 0.444. The van der Waals surface area contributed by atoms with Crippen LogP contribution in [0.2, 0.25) is 0 Å². The first-order valence-corrected chi connectivity index (χ1v) is 6.98. The molecule has 2 amide bonds. The van der Waals surface area contributed by atoms with Gasteiger partial charge in [-0.15, -0.1) is 0 Å². The Labute approximate surface area is 108 Å². The van der Waals surface area contributed by atoms with Gasteiger partial charge < -0.3 is 16.4 Å². The molecule has 0 spiro atoms. The fourth-order valence-corrected chi connectivity index (χ4v) is 2.35. The van der Waals surface area contributed by atoms with Crippen molar-refractivity contribution in [2.45, 2.75) is 57.0 Å². The smallest absolute Gasteiger partial charge is 0.223 e. The minimum Gasteiger partial charge on any atom is -0.355 e. The Hall–Kier alpha value is -1.10. The van der Waals surface area contributed by atoms with Crippen LogP contribution in [0.25, 0.3) is 0 Å². The van der Waals surface area contributed by atoms with Crippen LogP contribution in [0.15, 0.2) is 0 Å². The molecule has 0 bridgehead atoms. The third-order valence-corrected chi connectivity index (χ3v) is 3.74. The van der Waals surface area contributed by atoms with Crippen molar-refractivity contribution in [3.05, 3.63) is 0 Å². The molecule has 102 valence electrons. The highest BCUT2D eigenvalue weighted by atomic mass is 16.2. The number of rotatable bonds is 5. The summed E-state index contributed by atoms with van der Waals surface area (Å²) in [5, 5.41) is 5.76. The van der Waals surface area contributed by atoms with Gasteiger partial charge in [-0.25, -0.2) is 0 Å². The maximum absolute atomic E-state index is 11.8. The van der Waals surface area contributed by atoms with E-state index in [2.05, 4.69) is 10.6 Å². The quantitative estimate of drug-likeness (QED) is 0.658. The molecule has 0 aromatic carbocycles. The second-order valence-electron chi connectivity index (χ2n) is 5.49. The molecule has 5 heteroatoms. The van der Waals surface area contributed by atoms with Gasteiger partial charge >= 0.3 is 0 Å². The van der Waals surface area contributed by atoms with Crippen LogP contribution in [0.4, 0.5) is 0 Å². The van der Waals surface area contributed by atoms with Crippen LogP contribution in [0.1, 0.15) is 44.9 Å². The van der Waals surface area contributed by atoms with E-state index in [1.165, 1.54) is 0 Å². The van der Waals surface area contributed by atoms with E-state index >= 15 is 0 Å². The number of nitrogens with two attached hydrogens (primary N) is 1. The summed E-state index contributed by atoms with van der Waals surface area (Å²) in [4.78, 5) is 23.3. The number of carbonyl (C=O) groups is 2. The van der Waals surface area contributed by atoms with Crippen LogP contribution < -0.4 is 16.4 Å². The van der Waals surface area contributed by atoms with Crippen molar-refractivity contribution in [3.63, 3.8) is 0 Å². The third-order valence-electron chi connectivity index (χ3n) is 3.74. The van der Waals surface area contributed by atoms with Gasteiger partial charge in [0.05, 0.1) is 0 Å². The zero-order chi connectivity index (χ0) is 13.0. The topological polar surface area (TPSA) is 84.2 Å². The summed E-state index contributed by atoms with van der Waals surface area (Å²) >= 11 is 0. The molecule has 2 rings (SSSR count). The first-order valence-electron chi connectivity index (χ1n) is 6.98. The third kappa shape index (κ3) is 4.29. The van der Waals surface area contributed by atoms with Gasteiger partial charge in [0.1, 0.15) is 0 Å². The van der Waals surface area contributed by atoms with Crippen LogP contribution in [-0.4, -0.2) is 30.4 Å². The molecule has 0 aromatic heterocycles. The molecule has 0 aliphatic heterocycles. The molecule has 2 saturated carbocycles. The van der Waals surface area contributed by atoms with Gasteiger partial charge in [-0.1, -0.05) is 0 Å². The average molecular weight is 253 g/mol. The Bertz CT molecular complexity index is 307. The number of amides is 2. The zero-order valence-electron chi connectivity index (χ0n) is 10.8. The van der Waals surface area contributed by atoms with Gasteiger partial charge in [-0.05, 0) is 38.5 Å². The highest BCUT2D eigenvalue weighted by molar-refractivity contribution is 5.80. The molecule has 0 unspecified atom stereocenters. The number of nitrogens with one attached hydrogen (secondary N) is 2. The van der Waals surface area contributed by atoms with Crippen LogP contribution in [0.5, 0.6) is 0 Å².